The fourth-order valence-electron chi connectivity index (χ4n) is 1.74. The van der Waals surface area contributed by atoms with Crippen molar-refractivity contribution in [2.75, 3.05) is 11.5 Å². The zero-order valence-corrected chi connectivity index (χ0v) is 17.4. The van der Waals surface area contributed by atoms with Gasteiger partial charge in [-0.05, 0) is 21.5 Å². The number of nitrogens with zero attached hydrogens (tertiary/aromatic N) is 1. The van der Waals surface area contributed by atoms with Gasteiger partial charge in [-0.2, -0.15) is 0 Å². The number of nitro benzene ring substituents is 1. The van der Waals surface area contributed by atoms with Crippen molar-refractivity contribution in [1.82, 2.24) is 0 Å². The van der Waals surface area contributed by atoms with Gasteiger partial charge in [0, 0.05) is 23.6 Å². The fraction of sp³-hybridized carbons (Fsp3) is 0.308. The Morgan fingerprint density at radius 1 is 1.18 bits per heavy atom. The number of benzene rings is 1. The minimum absolute atomic E-state index is 0.0305. The lowest BCUT2D eigenvalue weighted by molar-refractivity contribution is -0.384. The molecule has 2 rings (SSSR count). The topological polar surface area (TPSA) is 60.2 Å². The molecule has 0 amide bonds. The molecule has 118 valence electrons. The van der Waals surface area contributed by atoms with Crippen LogP contribution in [-0.4, -0.2) is 27.0 Å². The van der Waals surface area contributed by atoms with Gasteiger partial charge >= 0.3 is 0 Å². The summed E-state index contributed by atoms with van der Waals surface area (Å²) in [4.78, 5) is 22.0. The molecule has 1 heterocycles. The lowest BCUT2D eigenvalue weighted by atomic mass is 10.1. The molecule has 1 fully saturated rings. The molecule has 1 aromatic carbocycles. The van der Waals surface area contributed by atoms with Gasteiger partial charge in [-0.3, -0.25) is 14.9 Å². The Bertz CT molecular complexity index is 613. The summed E-state index contributed by atoms with van der Waals surface area (Å²) >= 11 is 13.7. The van der Waals surface area contributed by atoms with Crippen LogP contribution in [0.4, 0.5) is 5.69 Å². The average Bonchev–Trinajstić information content (AvgIpc) is 3.06. The summed E-state index contributed by atoms with van der Waals surface area (Å²) in [5, 5.41) is 10.7. The maximum Gasteiger partial charge on any atom is 0.269 e. The van der Waals surface area contributed by atoms with Crippen molar-refractivity contribution in [3.63, 3.8) is 0 Å². The Kier molecular flexibility index (Phi) is 7.00. The van der Waals surface area contributed by atoms with Crippen LogP contribution in [0.25, 0.3) is 0 Å². The monoisotopic (exact) mass is 529 g/mol. The Morgan fingerprint density at radius 2 is 1.73 bits per heavy atom. The molecule has 0 aromatic heterocycles. The molecule has 0 radical (unpaired) electrons. The second-order valence-corrected chi connectivity index (χ2v) is 9.55. The molecule has 9 heteroatoms. The number of carbonyl (C=O) groups excluding carboxylic acids is 1. The largest absolute Gasteiger partial charge is 0.292 e. The van der Waals surface area contributed by atoms with E-state index in [9.17, 15) is 14.9 Å². The van der Waals surface area contributed by atoms with Crippen LogP contribution in [0, 0.1) is 10.1 Å². The summed E-state index contributed by atoms with van der Waals surface area (Å²) in [5.74, 6) is 1.97. The second kappa shape index (κ2) is 8.32. The van der Waals surface area contributed by atoms with Crippen molar-refractivity contribution in [2.45, 2.75) is 9.65 Å². The van der Waals surface area contributed by atoms with Gasteiger partial charge in [0.2, 0.25) is 0 Å². The van der Waals surface area contributed by atoms with Crippen LogP contribution < -0.4 is 0 Å². The van der Waals surface area contributed by atoms with E-state index in [1.54, 1.807) is 35.7 Å². The Labute approximate surface area is 161 Å². The van der Waals surface area contributed by atoms with E-state index in [0.717, 1.165) is 21.3 Å². The maximum atomic E-state index is 12.5. The molecule has 0 N–H and O–H groups in total. The number of allylic oxidation sites excluding steroid dienone is 1. The minimum Gasteiger partial charge on any atom is -0.292 e. The first kappa shape index (κ1) is 18.5. The zero-order chi connectivity index (χ0) is 16.3. The number of non-ortho nitro benzene ring substituents is 1. The normalized spacial score (nSPS) is 17.1. The van der Waals surface area contributed by atoms with Gasteiger partial charge in [0.25, 0.3) is 5.69 Å². The number of halogens is 3. The summed E-state index contributed by atoms with van der Waals surface area (Å²) in [6, 6.07) is 6.17. The molecule has 1 aromatic rings. The summed E-state index contributed by atoms with van der Waals surface area (Å²) in [5.41, 5.74) is 0.834. The Morgan fingerprint density at radius 3 is 2.23 bits per heavy atom. The summed E-state index contributed by atoms with van der Waals surface area (Å²) in [6.45, 7) is 0. The maximum absolute atomic E-state index is 12.5. The molecule has 4 nitrogen and oxygen atoms in total. The van der Waals surface area contributed by atoms with E-state index >= 15 is 0 Å². The summed E-state index contributed by atoms with van der Waals surface area (Å²) in [7, 11) is 0. The van der Waals surface area contributed by atoms with Crippen molar-refractivity contribution in [3.8, 4) is 0 Å². The van der Waals surface area contributed by atoms with E-state index in [0.29, 0.717) is 4.48 Å². The Balaban J connectivity index is 2.14. The van der Waals surface area contributed by atoms with Crippen molar-refractivity contribution >= 4 is 82.8 Å². The lowest BCUT2D eigenvalue weighted by Crippen LogP contribution is -2.19. The molecule has 22 heavy (non-hydrogen) atoms. The van der Waals surface area contributed by atoms with E-state index < -0.39 is 9.75 Å². The van der Waals surface area contributed by atoms with Crippen LogP contribution in [0.2, 0.25) is 0 Å². The van der Waals surface area contributed by atoms with Crippen LogP contribution >= 0.6 is 71.3 Å². The molecular formula is C13H10Br3NO3S2. The van der Waals surface area contributed by atoms with Crippen molar-refractivity contribution in [1.29, 1.82) is 0 Å². The molecule has 1 aliphatic heterocycles. The third-order valence-electron chi connectivity index (χ3n) is 2.87. The van der Waals surface area contributed by atoms with Gasteiger partial charge in [0.15, 0.2) is 5.78 Å². The van der Waals surface area contributed by atoms with Crippen molar-refractivity contribution < 1.29 is 9.72 Å². The smallest absolute Gasteiger partial charge is 0.269 e. The molecule has 0 bridgehead atoms. The van der Waals surface area contributed by atoms with Crippen LogP contribution in [-0.2, 0) is 4.79 Å². The first-order valence-electron chi connectivity index (χ1n) is 6.14. The van der Waals surface area contributed by atoms with Crippen LogP contribution in [0.5, 0.6) is 0 Å². The van der Waals surface area contributed by atoms with E-state index in [1.807, 2.05) is 0 Å². The summed E-state index contributed by atoms with van der Waals surface area (Å²) in [6.07, 6.45) is 0. The standard InChI is InChI=1S/C13H10Br3NO3S2/c14-9(7-1-3-8(4-2-7)17(19)20)10(15)12(18)11(16)13-21-5-6-22-13/h1-4,9-10H,5-6H2. The number of thioether (sulfide) groups is 2. The highest BCUT2D eigenvalue weighted by Crippen LogP contribution is 2.43. The van der Waals surface area contributed by atoms with Gasteiger partial charge in [0.1, 0.15) is 0 Å². The SMILES string of the molecule is O=C(C(Br)=C1SCCS1)C(Br)C(Br)c1ccc([N+](=O)[O-])cc1. The number of hydrogen-bond donors (Lipinski definition) is 0. The number of hydrogen-bond acceptors (Lipinski definition) is 5. The average molecular weight is 532 g/mol. The van der Waals surface area contributed by atoms with Gasteiger partial charge in [0.05, 0.1) is 23.3 Å². The van der Waals surface area contributed by atoms with E-state index in [-0.39, 0.29) is 16.3 Å². The zero-order valence-electron chi connectivity index (χ0n) is 11.0. The molecule has 0 spiro atoms. The van der Waals surface area contributed by atoms with E-state index in [1.165, 1.54) is 12.1 Å². The Hall–Kier alpha value is 0.170. The highest BCUT2D eigenvalue weighted by Gasteiger charge is 2.29. The summed E-state index contributed by atoms with van der Waals surface area (Å²) < 4.78 is 1.60. The molecule has 2 unspecified atom stereocenters. The highest BCUT2D eigenvalue weighted by atomic mass is 79.9. The van der Waals surface area contributed by atoms with Crippen LogP contribution in [0.15, 0.2) is 33.0 Å². The van der Waals surface area contributed by atoms with Gasteiger partial charge in [-0.25, -0.2) is 0 Å². The van der Waals surface area contributed by atoms with Gasteiger partial charge < -0.3 is 0 Å². The third kappa shape index (κ3) is 4.37. The fourth-order valence-corrected chi connectivity index (χ4v) is 6.39. The number of Topliss-reactive ketones (excluding diaryl/α,β-unsaturated/α-hetero) is 1. The first-order valence-corrected chi connectivity index (χ1v) is 10.7. The van der Waals surface area contributed by atoms with Gasteiger partial charge in [-0.15, -0.1) is 23.5 Å². The number of rotatable bonds is 5. The molecule has 1 aliphatic rings. The lowest BCUT2D eigenvalue weighted by Gasteiger charge is -2.16. The predicted molar refractivity (Wildman–Crippen MR) is 103 cm³/mol. The molecule has 0 aliphatic carbocycles. The third-order valence-corrected chi connectivity index (χ3v) is 9.61. The molecule has 1 saturated heterocycles. The van der Waals surface area contributed by atoms with Gasteiger partial charge in [-0.1, -0.05) is 44.0 Å². The molecular weight excluding hydrogens is 522 g/mol. The van der Waals surface area contributed by atoms with E-state index in [4.69, 9.17) is 0 Å². The van der Waals surface area contributed by atoms with Crippen molar-refractivity contribution in [2.24, 2.45) is 0 Å². The van der Waals surface area contributed by atoms with E-state index in [2.05, 4.69) is 47.8 Å². The second-order valence-electron chi connectivity index (χ2n) is 4.31. The number of nitro groups is 1. The molecule has 2 atom stereocenters. The van der Waals surface area contributed by atoms with Crippen LogP contribution in [0.1, 0.15) is 10.4 Å². The quantitative estimate of drug-likeness (QED) is 0.220. The predicted octanol–water partition coefficient (Wildman–Crippen LogP) is 5.41. The van der Waals surface area contributed by atoms with Crippen molar-refractivity contribution in [3.05, 3.63) is 48.7 Å². The number of carbonyl (C=O) groups is 1. The minimum atomic E-state index is -0.461. The first-order chi connectivity index (χ1) is 10.4. The number of alkyl halides is 2. The molecule has 0 saturated carbocycles. The number of ketones is 1. The highest BCUT2D eigenvalue weighted by molar-refractivity contribution is 9.13. The van der Waals surface area contributed by atoms with Crippen LogP contribution in [0.3, 0.4) is 0 Å².